The number of amidine groups is 2. The maximum absolute atomic E-state index is 4.99. The number of nitrogens with zero attached hydrogens (tertiary/aromatic N) is 3. The van der Waals surface area contributed by atoms with Gasteiger partial charge in [0.2, 0.25) is 0 Å². The number of aromatic nitrogens is 1. The summed E-state index contributed by atoms with van der Waals surface area (Å²) < 4.78 is 2.24. The summed E-state index contributed by atoms with van der Waals surface area (Å²) in [5, 5.41) is 4.59. The Labute approximate surface area is 259 Å². The summed E-state index contributed by atoms with van der Waals surface area (Å²) >= 11 is 0. The summed E-state index contributed by atoms with van der Waals surface area (Å²) in [6, 6.07) is 35.7. The maximum atomic E-state index is 4.99. The third-order valence-corrected chi connectivity index (χ3v) is 7.77. The molecule has 1 unspecified atom stereocenters. The minimum atomic E-state index is -0.384. The molecule has 0 saturated heterocycles. The number of benzene rings is 4. The van der Waals surface area contributed by atoms with Crippen LogP contribution >= 0.6 is 0 Å². The molecular formula is C40H34N4. The van der Waals surface area contributed by atoms with Crippen LogP contribution in [0.1, 0.15) is 35.5 Å². The zero-order chi connectivity index (χ0) is 30.5. The molecule has 1 atom stereocenters. The van der Waals surface area contributed by atoms with Gasteiger partial charge in [-0.25, -0.2) is 9.98 Å². The summed E-state index contributed by atoms with van der Waals surface area (Å²) in [5.74, 6) is 1.53. The number of nitrogens with one attached hydrogen (secondary N) is 1. The van der Waals surface area contributed by atoms with Gasteiger partial charge in [0.15, 0.2) is 6.17 Å². The molecule has 0 aliphatic carbocycles. The van der Waals surface area contributed by atoms with Crippen molar-refractivity contribution in [3.05, 3.63) is 175 Å². The van der Waals surface area contributed by atoms with E-state index in [0.29, 0.717) is 0 Å². The van der Waals surface area contributed by atoms with Crippen LogP contribution in [-0.2, 0) is 0 Å². The Balaban J connectivity index is 1.32. The summed E-state index contributed by atoms with van der Waals surface area (Å²) in [6.45, 7) is 14.1. The van der Waals surface area contributed by atoms with E-state index in [4.69, 9.17) is 9.98 Å². The van der Waals surface area contributed by atoms with Crippen molar-refractivity contribution in [3.8, 4) is 16.8 Å². The Morgan fingerprint density at radius 1 is 0.750 bits per heavy atom. The molecule has 1 aromatic heterocycles. The van der Waals surface area contributed by atoms with Crippen LogP contribution in [0.4, 0.5) is 0 Å². The second-order valence-electron chi connectivity index (χ2n) is 10.4. The van der Waals surface area contributed by atoms with Crippen molar-refractivity contribution < 1.29 is 0 Å². The van der Waals surface area contributed by atoms with Crippen LogP contribution in [-0.4, -0.2) is 16.2 Å². The molecular weight excluding hydrogens is 536 g/mol. The van der Waals surface area contributed by atoms with E-state index in [1.807, 2.05) is 61.6 Å². The van der Waals surface area contributed by atoms with Gasteiger partial charge in [0.1, 0.15) is 11.7 Å². The standard InChI is InChI=1S/C40H34N4/c1-5-9-15-28(6-2)38-41-39(31-16-11-10-12-17-31)43-40(42-38)32-22-20-29(21-23-32)30-24-26-33(27-25-30)44-36(8-4)34(7-3)35-18-13-14-19-37(35)44/h5-27,40H,2-4H2,1H3,(H,41,42,43)/b9-5-,28-15+. The first-order valence-corrected chi connectivity index (χ1v) is 14.7. The lowest BCUT2D eigenvalue weighted by Gasteiger charge is -2.22. The highest BCUT2D eigenvalue weighted by molar-refractivity contribution is 6.16. The number of allylic oxidation sites excluding steroid dienone is 3. The monoisotopic (exact) mass is 570 g/mol. The van der Waals surface area contributed by atoms with E-state index in [0.717, 1.165) is 67.3 Å². The lowest BCUT2D eigenvalue weighted by atomic mass is 10.0. The van der Waals surface area contributed by atoms with Gasteiger partial charge >= 0.3 is 0 Å². The summed E-state index contributed by atoms with van der Waals surface area (Å²) in [7, 11) is 0. The molecule has 0 fully saturated rings. The molecule has 1 N–H and O–H groups in total. The predicted molar refractivity (Wildman–Crippen MR) is 188 cm³/mol. The van der Waals surface area contributed by atoms with Crippen LogP contribution in [0.5, 0.6) is 0 Å². The largest absolute Gasteiger partial charge is 0.324 e. The smallest absolute Gasteiger partial charge is 0.169 e. The van der Waals surface area contributed by atoms with Gasteiger partial charge in [-0.2, -0.15) is 0 Å². The molecule has 6 rings (SSSR count). The van der Waals surface area contributed by atoms with E-state index < -0.39 is 0 Å². The summed E-state index contributed by atoms with van der Waals surface area (Å²) in [4.78, 5) is 9.96. The molecule has 2 heterocycles. The van der Waals surface area contributed by atoms with E-state index in [2.05, 4.69) is 115 Å². The molecule has 0 spiro atoms. The van der Waals surface area contributed by atoms with Crippen molar-refractivity contribution in [2.75, 3.05) is 0 Å². The Morgan fingerprint density at radius 2 is 1.43 bits per heavy atom. The topological polar surface area (TPSA) is 41.7 Å². The number of para-hydroxylation sites is 1. The number of hydrogen-bond donors (Lipinski definition) is 1. The zero-order valence-corrected chi connectivity index (χ0v) is 24.8. The normalized spacial score (nSPS) is 15.0. The van der Waals surface area contributed by atoms with E-state index in [1.165, 1.54) is 0 Å². The highest BCUT2D eigenvalue weighted by Crippen LogP contribution is 2.33. The molecule has 0 amide bonds. The van der Waals surface area contributed by atoms with Crippen molar-refractivity contribution in [1.29, 1.82) is 0 Å². The fraction of sp³-hybridized carbons (Fsp3) is 0.0500. The van der Waals surface area contributed by atoms with Crippen molar-refractivity contribution >= 4 is 34.7 Å². The lowest BCUT2D eigenvalue weighted by Crippen LogP contribution is -2.36. The van der Waals surface area contributed by atoms with Gasteiger partial charge < -0.3 is 9.88 Å². The van der Waals surface area contributed by atoms with E-state index in [9.17, 15) is 0 Å². The number of hydrogen-bond acceptors (Lipinski definition) is 3. The van der Waals surface area contributed by atoms with Gasteiger partial charge in [-0.1, -0.05) is 135 Å². The minimum absolute atomic E-state index is 0.384. The second-order valence-corrected chi connectivity index (χ2v) is 10.4. The summed E-state index contributed by atoms with van der Waals surface area (Å²) in [5.41, 5.74) is 9.52. The van der Waals surface area contributed by atoms with Crippen molar-refractivity contribution in [3.63, 3.8) is 0 Å². The first-order valence-electron chi connectivity index (χ1n) is 14.7. The molecule has 1 aliphatic heterocycles. The first-order chi connectivity index (χ1) is 21.6. The van der Waals surface area contributed by atoms with E-state index in [1.54, 1.807) is 0 Å². The Bertz CT molecular complexity index is 1970. The van der Waals surface area contributed by atoms with Gasteiger partial charge in [-0.3, -0.25) is 0 Å². The van der Waals surface area contributed by atoms with Gasteiger partial charge in [0.05, 0.1) is 11.2 Å². The molecule has 1 aliphatic rings. The molecule has 4 aromatic carbocycles. The maximum Gasteiger partial charge on any atom is 0.169 e. The van der Waals surface area contributed by atoms with Crippen LogP contribution < -0.4 is 5.32 Å². The van der Waals surface area contributed by atoms with Crippen molar-refractivity contribution in [1.82, 2.24) is 9.88 Å². The van der Waals surface area contributed by atoms with E-state index in [-0.39, 0.29) is 6.17 Å². The number of fused-ring (bicyclic) bond motifs is 1. The first kappa shape index (κ1) is 28.4. The fourth-order valence-electron chi connectivity index (χ4n) is 5.56. The van der Waals surface area contributed by atoms with Gasteiger partial charge in [-0.15, -0.1) is 0 Å². The average molecular weight is 571 g/mol. The van der Waals surface area contributed by atoms with Gasteiger partial charge in [-0.05, 0) is 47.9 Å². The highest BCUT2D eigenvalue weighted by Gasteiger charge is 2.21. The lowest BCUT2D eigenvalue weighted by molar-refractivity contribution is 0.756. The molecule has 5 aromatic rings. The molecule has 214 valence electrons. The fourth-order valence-corrected chi connectivity index (χ4v) is 5.56. The molecule has 4 nitrogen and oxygen atoms in total. The van der Waals surface area contributed by atoms with Crippen LogP contribution in [0.25, 0.3) is 39.9 Å². The zero-order valence-electron chi connectivity index (χ0n) is 24.8. The van der Waals surface area contributed by atoms with Crippen LogP contribution in [0.3, 0.4) is 0 Å². The molecule has 0 saturated carbocycles. The summed E-state index contributed by atoms with van der Waals surface area (Å²) in [6.07, 6.45) is 11.2. The van der Waals surface area contributed by atoms with Crippen LogP contribution in [0.15, 0.2) is 163 Å². The molecule has 4 heteroatoms. The third-order valence-electron chi connectivity index (χ3n) is 7.77. The molecule has 44 heavy (non-hydrogen) atoms. The molecule has 0 radical (unpaired) electrons. The highest BCUT2D eigenvalue weighted by atomic mass is 15.2. The molecule has 0 bridgehead atoms. The quantitative estimate of drug-likeness (QED) is 0.176. The van der Waals surface area contributed by atoms with Crippen LogP contribution in [0.2, 0.25) is 0 Å². The SMILES string of the molecule is C=C/C(=C\C=C/C)C1=NC(c2ccc(-c3ccc(-n4c(C=C)c(C=C)c5ccccc54)cc3)cc2)N=C(c2ccccc2)N1. The average Bonchev–Trinajstić information content (AvgIpc) is 3.42. The van der Waals surface area contributed by atoms with Crippen molar-refractivity contribution in [2.24, 2.45) is 9.98 Å². The minimum Gasteiger partial charge on any atom is -0.324 e. The number of aliphatic imine (C=N–C) groups is 2. The number of rotatable bonds is 9. The Kier molecular flexibility index (Phi) is 8.15. The van der Waals surface area contributed by atoms with Crippen LogP contribution in [0, 0.1) is 0 Å². The van der Waals surface area contributed by atoms with Gasteiger partial charge in [0, 0.05) is 27.8 Å². The Morgan fingerprint density at radius 3 is 2.09 bits per heavy atom. The van der Waals surface area contributed by atoms with Gasteiger partial charge in [0.25, 0.3) is 0 Å². The third kappa shape index (κ3) is 5.41. The Hall–Kier alpha value is -5.74. The van der Waals surface area contributed by atoms with Crippen molar-refractivity contribution in [2.45, 2.75) is 13.1 Å². The predicted octanol–water partition coefficient (Wildman–Crippen LogP) is 9.72. The van der Waals surface area contributed by atoms with E-state index >= 15 is 0 Å². The second kappa shape index (κ2) is 12.6.